The van der Waals surface area contributed by atoms with E-state index >= 15 is 0 Å². The lowest BCUT2D eigenvalue weighted by Gasteiger charge is -2.35. The number of hydrogen-bond donors (Lipinski definition) is 0. The van der Waals surface area contributed by atoms with Crippen LogP contribution in [0.15, 0.2) is 40.2 Å². The number of thiophene rings is 1. The molecular weight excluding hydrogens is 462 g/mol. The molecule has 2 aromatic rings. The van der Waals surface area contributed by atoms with Gasteiger partial charge in [0.2, 0.25) is 0 Å². The molecule has 1 aromatic heterocycles. The number of amides is 1. The van der Waals surface area contributed by atoms with Crippen LogP contribution in [0.1, 0.15) is 34.6 Å². The Kier molecular flexibility index (Phi) is 7.26. The van der Waals surface area contributed by atoms with Crippen molar-refractivity contribution in [2.75, 3.05) is 39.3 Å². The molecule has 1 amide bonds. The highest BCUT2D eigenvalue weighted by atomic mass is 79.9. The average Bonchev–Trinajstić information content (AvgIpc) is 3.12. The summed E-state index contributed by atoms with van der Waals surface area (Å²) in [7, 11) is 0. The molecule has 0 radical (unpaired) electrons. The maximum atomic E-state index is 12.9. The number of halogens is 1. The molecule has 0 saturated carbocycles. The minimum atomic E-state index is 0.147. The SMILES string of the molecule is CC1CN(Cc2ccc(C(=O)N3CCN(Cc4ccc(Br)s4)CC3)cc2)CC(C)O1. The largest absolute Gasteiger partial charge is 0.373 e. The molecule has 0 N–H and O–H groups in total. The quantitative estimate of drug-likeness (QED) is 0.631. The van der Waals surface area contributed by atoms with Crippen molar-refractivity contribution >= 4 is 33.2 Å². The van der Waals surface area contributed by atoms with Crippen molar-refractivity contribution in [2.45, 2.75) is 39.1 Å². The number of benzene rings is 1. The third-order valence-corrected chi connectivity index (χ3v) is 7.38. The zero-order chi connectivity index (χ0) is 21.1. The Morgan fingerprint density at radius 1 is 0.967 bits per heavy atom. The van der Waals surface area contributed by atoms with Crippen molar-refractivity contribution in [3.63, 3.8) is 0 Å². The van der Waals surface area contributed by atoms with Crippen LogP contribution in [-0.2, 0) is 17.8 Å². The monoisotopic (exact) mass is 491 g/mol. The first-order chi connectivity index (χ1) is 14.5. The average molecular weight is 492 g/mol. The predicted octanol–water partition coefficient (Wildman–Crippen LogP) is 4.08. The van der Waals surface area contributed by atoms with E-state index in [9.17, 15) is 4.79 Å². The van der Waals surface area contributed by atoms with Crippen LogP contribution in [0, 0.1) is 0 Å². The van der Waals surface area contributed by atoms with Gasteiger partial charge < -0.3 is 9.64 Å². The van der Waals surface area contributed by atoms with Crippen LogP contribution in [0.2, 0.25) is 0 Å². The summed E-state index contributed by atoms with van der Waals surface area (Å²) in [4.78, 5) is 21.1. The summed E-state index contributed by atoms with van der Waals surface area (Å²) in [5.74, 6) is 0.147. The van der Waals surface area contributed by atoms with Gasteiger partial charge in [-0.2, -0.15) is 0 Å². The second-order valence-electron chi connectivity index (χ2n) is 8.42. The molecular formula is C23H30BrN3O2S. The van der Waals surface area contributed by atoms with Gasteiger partial charge >= 0.3 is 0 Å². The van der Waals surface area contributed by atoms with Crippen molar-refractivity contribution in [1.82, 2.24) is 14.7 Å². The first-order valence-electron chi connectivity index (χ1n) is 10.7. The third-order valence-electron chi connectivity index (χ3n) is 5.77. The van der Waals surface area contributed by atoms with Crippen molar-refractivity contribution in [2.24, 2.45) is 0 Å². The number of hydrogen-bond acceptors (Lipinski definition) is 5. The maximum Gasteiger partial charge on any atom is 0.253 e. The molecule has 2 aliphatic heterocycles. The smallest absolute Gasteiger partial charge is 0.253 e. The van der Waals surface area contributed by atoms with Gasteiger partial charge in [-0.1, -0.05) is 12.1 Å². The molecule has 2 fully saturated rings. The molecule has 1 aromatic carbocycles. The van der Waals surface area contributed by atoms with E-state index in [1.165, 1.54) is 14.2 Å². The number of carbonyl (C=O) groups excluding carboxylic acids is 1. The number of nitrogens with zero attached hydrogens (tertiary/aromatic N) is 3. The van der Waals surface area contributed by atoms with E-state index < -0.39 is 0 Å². The molecule has 0 bridgehead atoms. The van der Waals surface area contributed by atoms with Gasteiger partial charge in [-0.15, -0.1) is 11.3 Å². The molecule has 0 spiro atoms. The summed E-state index contributed by atoms with van der Waals surface area (Å²) in [5.41, 5.74) is 2.04. The summed E-state index contributed by atoms with van der Waals surface area (Å²) >= 11 is 5.31. The second-order valence-corrected chi connectivity index (χ2v) is 11.0. The summed E-state index contributed by atoms with van der Waals surface area (Å²) in [6, 6.07) is 12.4. The maximum absolute atomic E-state index is 12.9. The molecule has 5 nitrogen and oxygen atoms in total. The number of piperazine rings is 1. The van der Waals surface area contributed by atoms with E-state index in [1.54, 1.807) is 11.3 Å². The first-order valence-corrected chi connectivity index (χ1v) is 12.3. The highest BCUT2D eigenvalue weighted by Gasteiger charge is 2.24. The number of ether oxygens (including phenoxy) is 1. The van der Waals surface area contributed by atoms with Gasteiger partial charge in [-0.3, -0.25) is 14.6 Å². The highest BCUT2D eigenvalue weighted by Crippen LogP contribution is 2.24. The Labute approximate surface area is 191 Å². The Hall–Kier alpha value is -1.25. The van der Waals surface area contributed by atoms with Gasteiger partial charge in [-0.25, -0.2) is 0 Å². The van der Waals surface area contributed by atoms with Gasteiger partial charge in [0.05, 0.1) is 16.0 Å². The van der Waals surface area contributed by atoms with Crippen molar-refractivity contribution in [1.29, 1.82) is 0 Å². The molecule has 162 valence electrons. The Morgan fingerprint density at radius 2 is 1.63 bits per heavy atom. The second kappa shape index (κ2) is 9.92. The highest BCUT2D eigenvalue weighted by molar-refractivity contribution is 9.11. The third kappa shape index (κ3) is 5.71. The molecule has 2 aliphatic rings. The molecule has 30 heavy (non-hydrogen) atoms. The van der Waals surface area contributed by atoms with Gasteiger partial charge in [-0.05, 0) is 59.6 Å². The van der Waals surface area contributed by atoms with Crippen molar-refractivity contribution in [3.05, 3.63) is 56.2 Å². The summed E-state index contributed by atoms with van der Waals surface area (Å²) in [6.45, 7) is 11.5. The normalized spacial score (nSPS) is 23.6. The van der Waals surface area contributed by atoms with E-state index in [-0.39, 0.29) is 18.1 Å². The molecule has 2 unspecified atom stereocenters. The van der Waals surface area contributed by atoms with Crippen LogP contribution < -0.4 is 0 Å². The minimum Gasteiger partial charge on any atom is -0.373 e. The van der Waals surface area contributed by atoms with Crippen LogP contribution in [0.5, 0.6) is 0 Å². The van der Waals surface area contributed by atoms with Gasteiger partial charge in [0.1, 0.15) is 0 Å². The van der Waals surface area contributed by atoms with Crippen LogP contribution in [0.3, 0.4) is 0 Å². The van der Waals surface area contributed by atoms with Crippen LogP contribution >= 0.6 is 27.3 Å². The summed E-state index contributed by atoms with van der Waals surface area (Å²) < 4.78 is 6.99. The van der Waals surface area contributed by atoms with E-state index in [0.29, 0.717) is 0 Å². The summed E-state index contributed by atoms with van der Waals surface area (Å²) in [6.07, 6.45) is 0.546. The van der Waals surface area contributed by atoms with Gasteiger partial charge in [0.15, 0.2) is 0 Å². The van der Waals surface area contributed by atoms with E-state index in [2.05, 4.69) is 63.8 Å². The Bertz CT molecular complexity index is 838. The van der Waals surface area contributed by atoms with E-state index in [1.807, 2.05) is 17.0 Å². The van der Waals surface area contributed by atoms with E-state index in [4.69, 9.17) is 4.74 Å². The molecule has 2 atom stereocenters. The Balaban J connectivity index is 1.27. The Morgan fingerprint density at radius 3 is 2.23 bits per heavy atom. The van der Waals surface area contributed by atoms with Gasteiger partial charge in [0.25, 0.3) is 5.91 Å². The fourth-order valence-electron chi connectivity index (χ4n) is 4.37. The lowest BCUT2D eigenvalue weighted by molar-refractivity contribution is -0.0704. The van der Waals surface area contributed by atoms with Crippen LogP contribution in [0.4, 0.5) is 0 Å². The number of carbonyl (C=O) groups is 1. The predicted molar refractivity (Wildman–Crippen MR) is 125 cm³/mol. The molecule has 4 rings (SSSR count). The van der Waals surface area contributed by atoms with Crippen LogP contribution in [-0.4, -0.2) is 72.1 Å². The number of rotatable bonds is 5. The van der Waals surface area contributed by atoms with Crippen molar-refractivity contribution < 1.29 is 9.53 Å². The fourth-order valence-corrected chi connectivity index (χ4v) is 5.90. The fraction of sp³-hybridized carbons (Fsp3) is 0.522. The zero-order valence-electron chi connectivity index (χ0n) is 17.7. The molecule has 3 heterocycles. The van der Waals surface area contributed by atoms with E-state index in [0.717, 1.165) is 57.9 Å². The lowest BCUT2D eigenvalue weighted by atomic mass is 10.1. The lowest BCUT2D eigenvalue weighted by Crippen LogP contribution is -2.48. The minimum absolute atomic E-state index is 0.147. The van der Waals surface area contributed by atoms with Gasteiger partial charge in [0, 0.05) is 62.8 Å². The standard InChI is InChI=1S/C23H30BrN3O2S/c1-17-13-26(14-18(2)29-17)15-19-3-5-20(6-4-19)23(28)27-11-9-25(10-12-27)16-21-7-8-22(24)30-21/h3-8,17-18H,9-16H2,1-2H3. The zero-order valence-corrected chi connectivity index (χ0v) is 20.1. The molecule has 0 aliphatic carbocycles. The van der Waals surface area contributed by atoms with Crippen molar-refractivity contribution in [3.8, 4) is 0 Å². The topological polar surface area (TPSA) is 36.0 Å². The number of morpholine rings is 1. The molecule has 7 heteroatoms. The van der Waals surface area contributed by atoms with Crippen LogP contribution in [0.25, 0.3) is 0 Å². The first kappa shape index (κ1) is 22.0. The summed E-state index contributed by atoms with van der Waals surface area (Å²) in [5, 5.41) is 0. The molecule has 2 saturated heterocycles.